The van der Waals surface area contributed by atoms with E-state index >= 15 is 0 Å². The Morgan fingerprint density at radius 3 is 2.40 bits per heavy atom. The Bertz CT molecular complexity index is 1070. The first-order valence-electron chi connectivity index (χ1n) is 12.2. The van der Waals surface area contributed by atoms with Crippen molar-refractivity contribution in [1.29, 1.82) is 0 Å². The van der Waals surface area contributed by atoms with Crippen LogP contribution in [0.25, 0.3) is 11.1 Å². The number of benzene rings is 2. The zero-order valence-electron chi connectivity index (χ0n) is 19.5. The van der Waals surface area contributed by atoms with Crippen LogP contribution in [0.1, 0.15) is 36.3 Å². The second kappa shape index (κ2) is 10.1. The lowest BCUT2D eigenvalue weighted by Gasteiger charge is -2.35. The first kappa shape index (κ1) is 23.4. The molecule has 8 nitrogen and oxygen atoms in total. The van der Waals surface area contributed by atoms with Gasteiger partial charge in [-0.25, -0.2) is 9.59 Å². The van der Waals surface area contributed by atoms with Crippen molar-refractivity contribution in [3.63, 3.8) is 0 Å². The van der Waals surface area contributed by atoms with Crippen molar-refractivity contribution in [2.75, 3.05) is 32.9 Å². The molecule has 184 valence electrons. The molecule has 3 aliphatic rings. The van der Waals surface area contributed by atoms with E-state index < -0.39 is 18.1 Å². The van der Waals surface area contributed by atoms with E-state index in [4.69, 9.17) is 9.47 Å². The molecule has 2 amide bonds. The third-order valence-corrected chi connectivity index (χ3v) is 7.53. The molecule has 1 unspecified atom stereocenters. The van der Waals surface area contributed by atoms with Gasteiger partial charge in [-0.2, -0.15) is 0 Å². The van der Waals surface area contributed by atoms with Crippen molar-refractivity contribution < 1.29 is 29.0 Å². The molecule has 1 heterocycles. The van der Waals surface area contributed by atoms with E-state index in [-0.39, 0.29) is 43.4 Å². The predicted octanol–water partition coefficient (Wildman–Crippen LogP) is 3.25. The molecule has 2 aliphatic carbocycles. The van der Waals surface area contributed by atoms with E-state index in [2.05, 4.69) is 29.6 Å². The van der Waals surface area contributed by atoms with Crippen molar-refractivity contribution in [2.45, 2.75) is 31.2 Å². The zero-order chi connectivity index (χ0) is 24.4. The summed E-state index contributed by atoms with van der Waals surface area (Å²) in [5, 5.41) is 12.3. The van der Waals surface area contributed by atoms with E-state index in [1.165, 1.54) is 16.0 Å². The SMILES string of the molecule is O=C(NC[C@H]1CCC[C@H]1C(=O)N1CCOCC1C(=O)O)OCC1c2ccccc2-c2ccccc21. The Morgan fingerprint density at radius 1 is 1.03 bits per heavy atom. The quantitative estimate of drug-likeness (QED) is 0.660. The molecule has 3 atom stereocenters. The van der Waals surface area contributed by atoms with E-state index in [0.29, 0.717) is 19.6 Å². The monoisotopic (exact) mass is 478 g/mol. The highest BCUT2D eigenvalue weighted by Gasteiger charge is 2.41. The fraction of sp³-hybridized carbons (Fsp3) is 0.444. The van der Waals surface area contributed by atoms with Gasteiger partial charge < -0.3 is 24.8 Å². The van der Waals surface area contributed by atoms with Gasteiger partial charge in [-0.05, 0) is 41.0 Å². The average molecular weight is 479 g/mol. The summed E-state index contributed by atoms with van der Waals surface area (Å²) in [6.45, 7) is 1.19. The molecule has 2 fully saturated rings. The van der Waals surface area contributed by atoms with Gasteiger partial charge >= 0.3 is 12.1 Å². The highest BCUT2D eigenvalue weighted by Crippen LogP contribution is 2.44. The Morgan fingerprint density at radius 2 is 1.71 bits per heavy atom. The number of amides is 2. The molecule has 0 spiro atoms. The largest absolute Gasteiger partial charge is 0.480 e. The lowest BCUT2D eigenvalue weighted by atomic mass is 9.93. The van der Waals surface area contributed by atoms with Gasteiger partial charge in [-0.15, -0.1) is 0 Å². The van der Waals surface area contributed by atoms with Crippen molar-refractivity contribution in [3.8, 4) is 11.1 Å². The number of hydrogen-bond acceptors (Lipinski definition) is 5. The Hall–Kier alpha value is -3.39. The number of rotatable bonds is 6. The molecule has 2 N–H and O–H groups in total. The van der Waals surface area contributed by atoms with Crippen molar-refractivity contribution in [3.05, 3.63) is 59.7 Å². The van der Waals surface area contributed by atoms with Crippen LogP contribution < -0.4 is 5.32 Å². The van der Waals surface area contributed by atoms with Gasteiger partial charge in [0.25, 0.3) is 0 Å². The number of carboxylic acids is 1. The number of morpholine rings is 1. The summed E-state index contributed by atoms with van der Waals surface area (Å²) < 4.78 is 10.9. The van der Waals surface area contributed by atoms with Gasteiger partial charge in [0.05, 0.1) is 13.2 Å². The van der Waals surface area contributed by atoms with Crippen molar-refractivity contribution >= 4 is 18.0 Å². The maximum absolute atomic E-state index is 13.2. The molecular weight excluding hydrogens is 448 g/mol. The Balaban J connectivity index is 1.17. The lowest BCUT2D eigenvalue weighted by Crippen LogP contribution is -2.55. The van der Waals surface area contributed by atoms with Crippen molar-refractivity contribution in [2.24, 2.45) is 11.8 Å². The summed E-state index contributed by atoms with van der Waals surface area (Å²) in [6, 6.07) is 15.4. The minimum Gasteiger partial charge on any atom is -0.480 e. The number of fused-ring (bicyclic) bond motifs is 3. The number of alkyl carbamates (subject to hydrolysis) is 1. The number of hydrogen-bond donors (Lipinski definition) is 2. The second-order valence-corrected chi connectivity index (χ2v) is 9.46. The van der Waals surface area contributed by atoms with Gasteiger partial charge in [0, 0.05) is 24.9 Å². The van der Waals surface area contributed by atoms with Crippen LogP contribution >= 0.6 is 0 Å². The van der Waals surface area contributed by atoms with Gasteiger partial charge in [0.2, 0.25) is 5.91 Å². The number of ether oxygens (including phenoxy) is 2. The first-order valence-corrected chi connectivity index (χ1v) is 12.2. The number of nitrogens with zero attached hydrogens (tertiary/aromatic N) is 1. The van der Waals surface area contributed by atoms with Gasteiger partial charge in [0.1, 0.15) is 6.61 Å². The van der Waals surface area contributed by atoms with E-state index in [1.54, 1.807) is 0 Å². The summed E-state index contributed by atoms with van der Waals surface area (Å²) >= 11 is 0. The summed E-state index contributed by atoms with van der Waals surface area (Å²) in [4.78, 5) is 38.7. The van der Waals surface area contributed by atoms with Gasteiger partial charge in [-0.3, -0.25) is 4.79 Å². The molecule has 0 radical (unpaired) electrons. The topological polar surface area (TPSA) is 105 Å². The fourth-order valence-corrected chi connectivity index (χ4v) is 5.76. The van der Waals surface area contributed by atoms with Crippen LogP contribution in [-0.2, 0) is 19.1 Å². The molecule has 5 rings (SSSR count). The first-order chi connectivity index (χ1) is 17.0. The minimum absolute atomic E-state index is 0.0104. The molecule has 0 aromatic heterocycles. The number of carbonyl (C=O) groups is 3. The van der Waals surface area contributed by atoms with Crippen LogP contribution in [0.3, 0.4) is 0 Å². The highest BCUT2D eigenvalue weighted by atomic mass is 16.5. The van der Waals surface area contributed by atoms with E-state index in [9.17, 15) is 19.5 Å². The molecule has 1 aliphatic heterocycles. The number of nitrogens with one attached hydrogen (secondary N) is 1. The molecular formula is C27H30N2O6. The average Bonchev–Trinajstić information content (AvgIpc) is 3.48. The summed E-state index contributed by atoms with van der Waals surface area (Å²) in [5.41, 5.74) is 4.65. The molecule has 8 heteroatoms. The van der Waals surface area contributed by atoms with E-state index in [1.807, 2.05) is 24.3 Å². The summed E-state index contributed by atoms with van der Waals surface area (Å²) in [6.07, 6.45) is 1.87. The molecule has 2 aromatic rings. The highest BCUT2D eigenvalue weighted by molar-refractivity contribution is 5.86. The molecule has 2 aromatic carbocycles. The predicted molar refractivity (Wildman–Crippen MR) is 128 cm³/mol. The zero-order valence-corrected chi connectivity index (χ0v) is 19.5. The smallest absolute Gasteiger partial charge is 0.407 e. The number of aliphatic carboxylic acids is 1. The molecule has 1 saturated heterocycles. The number of carbonyl (C=O) groups excluding carboxylic acids is 2. The Labute approximate surface area is 204 Å². The third-order valence-electron chi connectivity index (χ3n) is 7.53. The van der Waals surface area contributed by atoms with Crippen LogP contribution in [0.2, 0.25) is 0 Å². The number of carboxylic acid groups (broad SMARTS) is 1. The molecule has 0 bridgehead atoms. The standard InChI is InChI=1S/C27H30N2O6/c30-25(29-12-13-34-16-24(29)26(31)32)18-11-5-6-17(18)14-28-27(33)35-15-23-21-9-3-1-7-19(21)20-8-2-4-10-22(20)23/h1-4,7-10,17-18,23-24H,5-6,11-16H2,(H,28,33)(H,31,32)/t17-,18-,24?/m1/s1. The minimum atomic E-state index is -1.05. The van der Waals surface area contributed by atoms with Crippen molar-refractivity contribution in [1.82, 2.24) is 10.2 Å². The third kappa shape index (κ3) is 4.62. The second-order valence-electron chi connectivity index (χ2n) is 9.46. The maximum atomic E-state index is 13.2. The van der Waals surface area contributed by atoms with Crippen LogP contribution in [0.4, 0.5) is 4.79 Å². The van der Waals surface area contributed by atoms with Crippen LogP contribution in [0, 0.1) is 11.8 Å². The molecule has 35 heavy (non-hydrogen) atoms. The Kier molecular flexibility index (Phi) is 6.72. The van der Waals surface area contributed by atoms with Gasteiger partial charge in [-0.1, -0.05) is 55.0 Å². The van der Waals surface area contributed by atoms with Crippen LogP contribution in [0.15, 0.2) is 48.5 Å². The van der Waals surface area contributed by atoms with Crippen LogP contribution in [0.5, 0.6) is 0 Å². The summed E-state index contributed by atoms with van der Waals surface area (Å²) in [5.74, 6) is -1.56. The maximum Gasteiger partial charge on any atom is 0.407 e. The normalized spacial score (nSPS) is 23.4. The summed E-state index contributed by atoms with van der Waals surface area (Å²) in [7, 11) is 0. The molecule has 1 saturated carbocycles. The lowest BCUT2D eigenvalue weighted by molar-refractivity contribution is -0.160. The fourth-order valence-electron chi connectivity index (χ4n) is 5.76. The van der Waals surface area contributed by atoms with Crippen LogP contribution in [-0.4, -0.2) is 66.9 Å². The van der Waals surface area contributed by atoms with E-state index in [0.717, 1.165) is 24.0 Å². The van der Waals surface area contributed by atoms with Gasteiger partial charge in [0.15, 0.2) is 6.04 Å².